The predicted molar refractivity (Wildman–Crippen MR) is 127 cm³/mol. The van der Waals surface area contributed by atoms with Gasteiger partial charge in [-0.25, -0.2) is 0 Å². The molecule has 3 saturated carbocycles. The fraction of sp³-hybridized carbons (Fsp3) is 0.704. The molecular formula is C27H37N3O3. The molecular weight excluding hydrogens is 414 g/mol. The molecule has 33 heavy (non-hydrogen) atoms. The SMILES string of the molecule is CC1CC23CC(CC2C3)C1NC(=O)c1ccc(N2CCCC(C(=O)N3CCOCC3)C2)cc1. The number of ether oxygens (including phenoxy) is 1. The Balaban J connectivity index is 1.07. The number of rotatable bonds is 4. The summed E-state index contributed by atoms with van der Waals surface area (Å²) in [6.07, 6.45) is 7.34. The molecule has 3 aliphatic carbocycles. The van der Waals surface area contributed by atoms with Crippen molar-refractivity contribution in [2.75, 3.05) is 44.3 Å². The second-order valence-corrected chi connectivity index (χ2v) is 11.4. The van der Waals surface area contributed by atoms with Crippen molar-refractivity contribution in [1.82, 2.24) is 10.2 Å². The molecule has 1 aromatic carbocycles. The van der Waals surface area contributed by atoms with Gasteiger partial charge in [0.2, 0.25) is 5.91 Å². The Hall–Kier alpha value is -2.08. The summed E-state index contributed by atoms with van der Waals surface area (Å²) in [4.78, 5) is 30.3. The zero-order valence-electron chi connectivity index (χ0n) is 19.8. The number of anilines is 1. The highest BCUT2D eigenvalue weighted by molar-refractivity contribution is 5.94. The number of hydrogen-bond acceptors (Lipinski definition) is 4. The molecule has 2 saturated heterocycles. The van der Waals surface area contributed by atoms with Crippen LogP contribution in [0.15, 0.2) is 24.3 Å². The van der Waals surface area contributed by atoms with Gasteiger partial charge < -0.3 is 19.9 Å². The lowest BCUT2D eigenvalue weighted by Gasteiger charge is -2.38. The second kappa shape index (κ2) is 8.30. The van der Waals surface area contributed by atoms with Gasteiger partial charge in [-0.1, -0.05) is 6.92 Å². The second-order valence-electron chi connectivity index (χ2n) is 11.4. The van der Waals surface area contributed by atoms with Crippen molar-refractivity contribution in [3.05, 3.63) is 29.8 Å². The van der Waals surface area contributed by atoms with Crippen LogP contribution in [-0.4, -0.2) is 62.1 Å². The maximum absolute atomic E-state index is 13.0. The van der Waals surface area contributed by atoms with Crippen molar-refractivity contribution < 1.29 is 14.3 Å². The number of hydrogen-bond donors (Lipinski definition) is 1. The molecule has 6 nitrogen and oxygen atoms in total. The van der Waals surface area contributed by atoms with Crippen molar-refractivity contribution in [2.45, 2.75) is 51.5 Å². The van der Waals surface area contributed by atoms with E-state index in [9.17, 15) is 9.59 Å². The number of benzene rings is 1. The number of amides is 2. The number of fused-ring (bicyclic) bond motifs is 1. The van der Waals surface area contributed by atoms with Crippen LogP contribution in [-0.2, 0) is 9.53 Å². The van der Waals surface area contributed by atoms with Crippen LogP contribution < -0.4 is 10.2 Å². The van der Waals surface area contributed by atoms with Crippen LogP contribution in [0.4, 0.5) is 5.69 Å². The van der Waals surface area contributed by atoms with Crippen LogP contribution in [0.25, 0.3) is 0 Å². The van der Waals surface area contributed by atoms with Crippen molar-refractivity contribution in [3.63, 3.8) is 0 Å². The quantitative estimate of drug-likeness (QED) is 0.763. The van der Waals surface area contributed by atoms with E-state index >= 15 is 0 Å². The predicted octanol–water partition coefficient (Wildman–Crippen LogP) is 3.32. The first-order chi connectivity index (χ1) is 16.0. The third-order valence-corrected chi connectivity index (χ3v) is 9.35. The maximum Gasteiger partial charge on any atom is 0.251 e. The Morgan fingerprint density at radius 3 is 2.64 bits per heavy atom. The largest absolute Gasteiger partial charge is 0.378 e. The van der Waals surface area contributed by atoms with Crippen molar-refractivity contribution in [3.8, 4) is 0 Å². The van der Waals surface area contributed by atoms with E-state index in [0.717, 1.165) is 43.1 Å². The molecule has 6 heteroatoms. The number of morpholine rings is 1. The van der Waals surface area contributed by atoms with Crippen LogP contribution in [0.2, 0.25) is 0 Å². The summed E-state index contributed by atoms with van der Waals surface area (Å²) >= 11 is 0. The van der Waals surface area contributed by atoms with Gasteiger partial charge in [0.25, 0.3) is 5.91 Å². The van der Waals surface area contributed by atoms with Crippen molar-refractivity contribution >= 4 is 17.5 Å². The molecule has 2 heterocycles. The van der Waals surface area contributed by atoms with Crippen LogP contribution >= 0.6 is 0 Å². The number of nitrogens with zero attached hydrogens (tertiary/aromatic N) is 2. The first kappa shape index (κ1) is 21.5. The lowest BCUT2D eigenvalue weighted by atomic mass is 9.73. The van der Waals surface area contributed by atoms with E-state index in [-0.39, 0.29) is 17.7 Å². The number of piperidine rings is 1. The van der Waals surface area contributed by atoms with Gasteiger partial charge in [-0.05, 0) is 86.0 Å². The average Bonchev–Trinajstić information content (AvgIpc) is 3.41. The minimum atomic E-state index is 0.0496. The van der Waals surface area contributed by atoms with Gasteiger partial charge in [0.15, 0.2) is 0 Å². The highest BCUT2D eigenvalue weighted by Crippen LogP contribution is 2.71. The third kappa shape index (κ3) is 3.94. The Bertz CT molecular complexity index is 912. The highest BCUT2D eigenvalue weighted by Gasteiger charge is 2.64. The summed E-state index contributed by atoms with van der Waals surface area (Å²) in [7, 11) is 0. The summed E-state index contributed by atoms with van der Waals surface area (Å²) in [5, 5.41) is 3.39. The van der Waals surface area contributed by atoms with E-state index in [4.69, 9.17) is 4.74 Å². The average molecular weight is 452 g/mol. The number of carbonyl (C=O) groups excluding carboxylic acids is 2. The molecule has 0 radical (unpaired) electrons. The molecule has 5 aliphatic rings. The monoisotopic (exact) mass is 451 g/mol. The van der Waals surface area contributed by atoms with E-state index in [1.807, 2.05) is 17.0 Å². The van der Waals surface area contributed by atoms with E-state index in [1.54, 1.807) is 0 Å². The molecule has 2 bridgehead atoms. The summed E-state index contributed by atoms with van der Waals surface area (Å²) in [6.45, 7) is 6.76. The number of carbonyl (C=O) groups is 2. The van der Waals surface area contributed by atoms with Crippen molar-refractivity contribution in [2.24, 2.45) is 29.1 Å². The number of nitrogens with one attached hydrogen (secondary N) is 1. The molecule has 2 amide bonds. The van der Waals surface area contributed by atoms with E-state index in [1.165, 1.54) is 25.7 Å². The first-order valence-electron chi connectivity index (χ1n) is 13.0. The Morgan fingerprint density at radius 1 is 1.06 bits per heavy atom. The van der Waals surface area contributed by atoms with Gasteiger partial charge in [-0.2, -0.15) is 0 Å². The normalized spacial score (nSPS) is 37.4. The smallest absolute Gasteiger partial charge is 0.251 e. The van der Waals surface area contributed by atoms with Crippen LogP contribution in [0.1, 0.15) is 55.8 Å². The molecule has 1 N–H and O–H groups in total. The van der Waals surface area contributed by atoms with Gasteiger partial charge in [0.1, 0.15) is 0 Å². The first-order valence-corrected chi connectivity index (χ1v) is 13.0. The lowest BCUT2D eigenvalue weighted by Crippen LogP contribution is -2.48. The van der Waals surface area contributed by atoms with E-state index in [2.05, 4.69) is 29.3 Å². The van der Waals surface area contributed by atoms with Gasteiger partial charge in [-0.3, -0.25) is 9.59 Å². The summed E-state index contributed by atoms with van der Waals surface area (Å²) in [5.74, 6) is 2.57. The van der Waals surface area contributed by atoms with Crippen LogP contribution in [0, 0.1) is 29.1 Å². The molecule has 6 unspecified atom stereocenters. The van der Waals surface area contributed by atoms with Gasteiger partial charge in [0, 0.05) is 43.5 Å². The molecule has 1 spiro atoms. The Kier molecular flexibility index (Phi) is 5.39. The Morgan fingerprint density at radius 2 is 1.85 bits per heavy atom. The van der Waals surface area contributed by atoms with Gasteiger partial charge >= 0.3 is 0 Å². The summed E-state index contributed by atoms with van der Waals surface area (Å²) < 4.78 is 5.40. The zero-order valence-corrected chi connectivity index (χ0v) is 19.8. The van der Waals surface area contributed by atoms with Gasteiger partial charge in [-0.15, -0.1) is 0 Å². The molecule has 0 aromatic heterocycles. The standard InChI is InChI=1S/C27H37N3O3/c1-18-14-27-15-21(13-22(27)16-27)24(18)28-25(31)19-4-6-23(7-5-19)30-8-2-3-20(17-30)26(32)29-9-11-33-12-10-29/h4-7,18,20-22,24H,2-3,8-17H2,1H3,(H,28,31). The minimum Gasteiger partial charge on any atom is -0.378 e. The third-order valence-electron chi connectivity index (χ3n) is 9.35. The minimum absolute atomic E-state index is 0.0496. The molecule has 1 aromatic rings. The molecule has 6 atom stereocenters. The molecule has 6 rings (SSSR count). The van der Waals surface area contributed by atoms with Crippen molar-refractivity contribution in [1.29, 1.82) is 0 Å². The fourth-order valence-corrected chi connectivity index (χ4v) is 7.60. The summed E-state index contributed by atoms with van der Waals surface area (Å²) in [6, 6.07) is 8.35. The van der Waals surface area contributed by atoms with Crippen LogP contribution in [0.5, 0.6) is 0 Å². The van der Waals surface area contributed by atoms with Gasteiger partial charge in [0.05, 0.1) is 19.1 Å². The van der Waals surface area contributed by atoms with E-state index in [0.29, 0.717) is 49.6 Å². The topological polar surface area (TPSA) is 61.9 Å². The fourth-order valence-electron chi connectivity index (χ4n) is 7.60. The maximum atomic E-state index is 13.0. The zero-order chi connectivity index (χ0) is 22.6. The molecule has 5 fully saturated rings. The summed E-state index contributed by atoms with van der Waals surface area (Å²) in [5.41, 5.74) is 2.50. The Labute approximate surface area is 197 Å². The van der Waals surface area contributed by atoms with E-state index < -0.39 is 0 Å². The lowest BCUT2D eigenvalue weighted by molar-refractivity contribution is -0.139. The van der Waals surface area contributed by atoms with Crippen LogP contribution in [0.3, 0.4) is 0 Å². The molecule has 2 aliphatic heterocycles. The molecule has 178 valence electrons. The highest BCUT2D eigenvalue weighted by atomic mass is 16.5.